The Morgan fingerprint density at radius 3 is 2.59 bits per heavy atom. The van der Waals surface area contributed by atoms with Gasteiger partial charge < -0.3 is 25.3 Å². The summed E-state index contributed by atoms with van der Waals surface area (Å²) < 4.78 is 5.61. The molecule has 0 aliphatic carbocycles. The van der Waals surface area contributed by atoms with Gasteiger partial charge in [-0.3, -0.25) is 14.6 Å². The average molecular weight is 566 g/mol. The number of hydrogen-bond acceptors (Lipinski definition) is 6. The number of ether oxygens (including phenoxy) is 1. The van der Waals surface area contributed by atoms with Gasteiger partial charge in [0.2, 0.25) is 0 Å². The molecular weight excluding hydrogens is 537 g/mol. The summed E-state index contributed by atoms with van der Waals surface area (Å²) in [5, 5.41) is 7.79. The molecule has 1 saturated heterocycles. The van der Waals surface area contributed by atoms with Gasteiger partial charge in [-0.05, 0) is 74.0 Å². The highest BCUT2D eigenvalue weighted by molar-refractivity contribution is 6.36. The highest BCUT2D eigenvalue weighted by Gasteiger charge is 2.16. The Morgan fingerprint density at radius 1 is 1.08 bits per heavy atom. The third-order valence-corrected chi connectivity index (χ3v) is 7.56. The molecule has 0 radical (unpaired) electrons. The van der Waals surface area contributed by atoms with E-state index in [0.29, 0.717) is 62.3 Å². The smallest absolute Gasteiger partial charge is 0.259 e. The van der Waals surface area contributed by atoms with Gasteiger partial charge in [0, 0.05) is 47.0 Å². The number of H-pyrrole nitrogens is 1. The lowest BCUT2D eigenvalue weighted by Gasteiger charge is -2.16. The molecule has 3 N–H and O–H groups in total. The monoisotopic (exact) mass is 565 g/mol. The van der Waals surface area contributed by atoms with Gasteiger partial charge in [-0.25, -0.2) is 0 Å². The van der Waals surface area contributed by atoms with E-state index in [1.54, 1.807) is 54.7 Å². The molecule has 202 valence electrons. The first-order valence-corrected chi connectivity index (χ1v) is 13.6. The SMILES string of the molecule is COc1cc(C(=O)NCCN2CCCC2)ccc1Nc1cc(Cc2c(Cl)cccc2Cl)nc2cc[nH]c(=O)c12. The van der Waals surface area contributed by atoms with E-state index < -0.39 is 0 Å². The number of benzene rings is 2. The number of aromatic nitrogens is 2. The number of fused-ring (bicyclic) bond motifs is 1. The number of methoxy groups -OCH3 is 1. The second-order valence-corrected chi connectivity index (χ2v) is 10.3. The molecule has 1 fully saturated rings. The number of halogens is 2. The fourth-order valence-electron chi connectivity index (χ4n) is 4.84. The Kier molecular flexibility index (Phi) is 8.35. The van der Waals surface area contributed by atoms with Crippen molar-refractivity contribution in [2.45, 2.75) is 19.3 Å². The minimum atomic E-state index is -0.280. The van der Waals surface area contributed by atoms with Gasteiger partial charge in [0.05, 0.1) is 29.4 Å². The van der Waals surface area contributed by atoms with Gasteiger partial charge in [-0.2, -0.15) is 0 Å². The summed E-state index contributed by atoms with van der Waals surface area (Å²) in [5.74, 6) is 0.305. The Bertz CT molecular complexity index is 1550. The third kappa shape index (κ3) is 6.19. The molecule has 1 aliphatic rings. The third-order valence-electron chi connectivity index (χ3n) is 6.85. The van der Waals surface area contributed by atoms with Crippen LogP contribution in [0.2, 0.25) is 10.0 Å². The molecule has 1 aliphatic heterocycles. The van der Waals surface area contributed by atoms with Gasteiger partial charge in [0.1, 0.15) is 5.75 Å². The highest BCUT2D eigenvalue weighted by Crippen LogP contribution is 2.33. The summed E-state index contributed by atoms with van der Waals surface area (Å²) >= 11 is 12.8. The number of rotatable bonds is 9. The van der Waals surface area contributed by atoms with Crippen molar-refractivity contribution in [1.82, 2.24) is 20.2 Å². The van der Waals surface area contributed by atoms with Crippen molar-refractivity contribution in [1.29, 1.82) is 0 Å². The van der Waals surface area contributed by atoms with Crippen LogP contribution in [0.5, 0.6) is 5.75 Å². The first kappa shape index (κ1) is 27.0. The highest BCUT2D eigenvalue weighted by atomic mass is 35.5. The van der Waals surface area contributed by atoms with Crippen LogP contribution in [0, 0.1) is 0 Å². The molecule has 3 heterocycles. The Morgan fingerprint density at radius 2 is 1.85 bits per heavy atom. The van der Waals surface area contributed by atoms with E-state index in [-0.39, 0.29) is 11.5 Å². The van der Waals surface area contributed by atoms with Crippen LogP contribution >= 0.6 is 23.2 Å². The van der Waals surface area contributed by atoms with Crippen LogP contribution in [0.3, 0.4) is 0 Å². The van der Waals surface area contributed by atoms with Crippen LogP contribution in [-0.4, -0.2) is 54.1 Å². The standard InChI is InChI=1S/C29H29Cl2N5O3/c1-39-26-15-18(28(37)33-11-14-36-12-2-3-13-36)7-8-23(26)35-25-17-19(16-20-21(30)5-4-6-22(20)31)34-24-9-10-32-29(38)27(24)25/h4-10,15,17H,2-3,11-14,16H2,1H3,(H,32,38)(H,33,37)(H,34,35). The minimum Gasteiger partial charge on any atom is -0.495 e. The van der Waals surface area contributed by atoms with Crippen molar-refractivity contribution >= 4 is 51.4 Å². The molecule has 8 nitrogen and oxygen atoms in total. The zero-order valence-corrected chi connectivity index (χ0v) is 23.0. The molecule has 0 spiro atoms. The number of aromatic amines is 1. The van der Waals surface area contributed by atoms with E-state index >= 15 is 0 Å². The van der Waals surface area contributed by atoms with Crippen LogP contribution in [-0.2, 0) is 6.42 Å². The summed E-state index contributed by atoms with van der Waals surface area (Å²) in [4.78, 5) is 35.3. The Hall–Kier alpha value is -3.59. The number of amides is 1. The number of nitrogens with zero attached hydrogens (tertiary/aromatic N) is 2. The molecule has 0 atom stereocenters. The summed E-state index contributed by atoms with van der Waals surface area (Å²) in [6, 6.07) is 14.1. The van der Waals surface area contributed by atoms with Crippen molar-refractivity contribution in [3.8, 4) is 5.75 Å². The largest absolute Gasteiger partial charge is 0.495 e. The molecule has 0 bridgehead atoms. The minimum absolute atomic E-state index is 0.163. The number of carbonyl (C=O) groups is 1. The number of carbonyl (C=O) groups excluding carboxylic acids is 1. The van der Waals surface area contributed by atoms with Crippen LogP contribution in [0.4, 0.5) is 11.4 Å². The predicted octanol–water partition coefficient (Wildman–Crippen LogP) is 5.40. The van der Waals surface area contributed by atoms with Gasteiger partial charge in [0.15, 0.2) is 0 Å². The molecule has 0 unspecified atom stereocenters. The number of pyridine rings is 2. The molecular formula is C29H29Cl2N5O3. The maximum Gasteiger partial charge on any atom is 0.259 e. The molecule has 2 aromatic heterocycles. The molecule has 10 heteroatoms. The van der Waals surface area contributed by atoms with E-state index in [9.17, 15) is 9.59 Å². The van der Waals surface area contributed by atoms with Gasteiger partial charge in [0.25, 0.3) is 11.5 Å². The van der Waals surface area contributed by atoms with Gasteiger partial charge >= 0.3 is 0 Å². The lowest BCUT2D eigenvalue weighted by molar-refractivity contribution is 0.0949. The molecule has 1 amide bonds. The zero-order valence-electron chi connectivity index (χ0n) is 21.5. The van der Waals surface area contributed by atoms with Crippen LogP contribution in [0.25, 0.3) is 10.9 Å². The topological polar surface area (TPSA) is 99.3 Å². The second kappa shape index (κ2) is 12.1. The molecule has 39 heavy (non-hydrogen) atoms. The summed E-state index contributed by atoms with van der Waals surface area (Å²) in [5.41, 5.74) is 3.31. The van der Waals surface area contributed by atoms with Crippen molar-refractivity contribution in [3.05, 3.63) is 91.9 Å². The number of likely N-dealkylation sites (tertiary alicyclic amines) is 1. The molecule has 0 saturated carbocycles. The number of hydrogen-bond donors (Lipinski definition) is 3. The lowest BCUT2D eigenvalue weighted by Crippen LogP contribution is -2.33. The van der Waals surface area contributed by atoms with E-state index in [0.717, 1.165) is 25.2 Å². The maximum absolute atomic E-state index is 12.8. The maximum atomic E-state index is 12.8. The van der Waals surface area contributed by atoms with Crippen molar-refractivity contribution < 1.29 is 9.53 Å². The molecule has 2 aromatic carbocycles. The van der Waals surface area contributed by atoms with E-state index in [4.69, 9.17) is 27.9 Å². The number of nitrogens with one attached hydrogen (secondary N) is 3. The van der Waals surface area contributed by atoms with Crippen molar-refractivity contribution in [2.24, 2.45) is 0 Å². The van der Waals surface area contributed by atoms with E-state index in [1.807, 2.05) is 0 Å². The first-order chi connectivity index (χ1) is 18.9. The molecule has 4 aromatic rings. The van der Waals surface area contributed by atoms with E-state index in [1.165, 1.54) is 20.0 Å². The van der Waals surface area contributed by atoms with Crippen LogP contribution in [0.15, 0.2) is 59.5 Å². The van der Waals surface area contributed by atoms with Crippen LogP contribution < -0.4 is 20.9 Å². The second-order valence-electron chi connectivity index (χ2n) is 9.45. The Labute approximate surface area is 236 Å². The van der Waals surface area contributed by atoms with Crippen molar-refractivity contribution in [2.75, 3.05) is 38.6 Å². The fraction of sp³-hybridized carbons (Fsp3) is 0.276. The summed E-state index contributed by atoms with van der Waals surface area (Å²) in [6.45, 7) is 3.60. The quantitative estimate of drug-likeness (QED) is 0.251. The molecule has 5 rings (SSSR count). The number of anilines is 2. The van der Waals surface area contributed by atoms with Crippen LogP contribution in [0.1, 0.15) is 34.5 Å². The Balaban J connectivity index is 1.42. The zero-order chi connectivity index (χ0) is 27.4. The normalized spacial score (nSPS) is 13.5. The van der Waals surface area contributed by atoms with Gasteiger partial charge in [-0.15, -0.1) is 0 Å². The average Bonchev–Trinajstić information content (AvgIpc) is 3.44. The van der Waals surface area contributed by atoms with Gasteiger partial charge in [-0.1, -0.05) is 29.3 Å². The fourth-order valence-corrected chi connectivity index (χ4v) is 5.37. The predicted molar refractivity (Wildman–Crippen MR) is 156 cm³/mol. The summed E-state index contributed by atoms with van der Waals surface area (Å²) in [7, 11) is 1.54. The first-order valence-electron chi connectivity index (χ1n) is 12.8. The summed E-state index contributed by atoms with van der Waals surface area (Å²) in [6.07, 6.45) is 4.37. The van der Waals surface area contributed by atoms with E-state index in [2.05, 4.69) is 25.5 Å². The van der Waals surface area contributed by atoms with Crippen molar-refractivity contribution in [3.63, 3.8) is 0 Å². The lowest BCUT2D eigenvalue weighted by atomic mass is 10.1.